The lowest BCUT2D eigenvalue weighted by Crippen LogP contribution is -2.48. The molecule has 17 heavy (non-hydrogen) atoms. The van der Waals surface area contributed by atoms with E-state index in [-0.39, 0.29) is 0 Å². The van der Waals surface area contributed by atoms with Crippen LogP contribution >= 0.6 is 0 Å². The minimum atomic E-state index is 0.871. The van der Waals surface area contributed by atoms with Crippen LogP contribution in [0.25, 0.3) is 0 Å². The molecule has 1 aliphatic rings. The van der Waals surface area contributed by atoms with Gasteiger partial charge in [-0.25, -0.2) is 0 Å². The number of hydrogen-bond acceptors (Lipinski definition) is 2. The van der Waals surface area contributed by atoms with E-state index in [0.29, 0.717) is 0 Å². The molecule has 1 aliphatic heterocycles. The number of nitrogens with zero attached hydrogens (tertiary/aromatic N) is 1. The van der Waals surface area contributed by atoms with Crippen molar-refractivity contribution in [2.45, 2.75) is 71.3 Å². The van der Waals surface area contributed by atoms with Gasteiger partial charge in [0.2, 0.25) is 0 Å². The Bertz CT molecular complexity index is 154. The van der Waals surface area contributed by atoms with Gasteiger partial charge in [-0.2, -0.15) is 0 Å². The Balaban J connectivity index is 2.27. The van der Waals surface area contributed by atoms with Gasteiger partial charge < -0.3 is 5.32 Å². The molecule has 1 saturated heterocycles. The molecule has 2 nitrogen and oxygen atoms in total. The summed E-state index contributed by atoms with van der Waals surface area (Å²) in [6.07, 6.45) is 11.2. The SMILES string of the molecule is CCCCCC(CCCCC)N1CCNCC1. The Labute approximate surface area is 108 Å². The number of nitrogens with one attached hydrogen (secondary N) is 1. The maximum atomic E-state index is 3.46. The molecule has 0 unspecified atom stereocenters. The number of hydrogen-bond donors (Lipinski definition) is 1. The fourth-order valence-electron chi connectivity index (χ4n) is 2.82. The molecule has 0 atom stereocenters. The monoisotopic (exact) mass is 240 g/mol. The Kier molecular flexibility index (Phi) is 8.72. The number of piperazine rings is 1. The van der Waals surface area contributed by atoms with Crippen molar-refractivity contribution in [3.05, 3.63) is 0 Å². The summed E-state index contributed by atoms with van der Waals surface area (Å²) in [6, 6.07) is 0.871. The van der Waals surface area contributed by atoms with Gasteiger partial charge in [0.25, 0.3) is 0 Å². The third-order valence-corrected chi connectivity index (χ3v) is 3.95. The fraction of sp³-hybridized carbons (Fsp3) is 1.00. The van der Waals surface area contributed by atoms with Gasteiger partial charge in [-0.1, -0.05) is 52.4 Å². The van der Waals surface area contributed by atoms with E-state index in [0.717, 1.165) is 6.04 Å². The molecule has 0 aromatic rings. The molecular weight excluding hydrogens is 208 g/mol. The van der Waals surface area contributed by atoms with Crippen molar-refractivity contribution in [3.63, 3.8) is 0 Å². The van der Waals surface area contributed by atoms with E-state index in [2.05, 4.69) is 24.1 Å². The molecule has 0 aliphatic carbocycles. The normalized spacial score (nSPS) is 17.8. The predicted molar refractivity (Wildman–Crippen MR) is 76.5 cm³/mol. The lowest BCUT2D eigenvalue weighted by atomic mass is 10.00. The zero-order valence-electron chi connectivity index (χ0n) is 12.0. The summed E-state index contributed by atoms with van der Waals surface area (Å²) in [4.78, 5) is 2.74. The summed E-state index contributed by atoms with van der Waals surface area (Å²) in [5, 5.41) is 3.46. The van der Waals surface area contributed by atoms with Gasteiger partial charge in [0, 0.05) is 32.2 Å². The molecule has 1 rings (SSSR count). The number of rotatable bonds is 9. The highest BCUT2D eigenvalue weighted by atomic mass is 15.2. The van der Waals surface area contributed by atoms with E-state index < -0.39 is 0 Å². The van der Waals surface area contributed by atoms with Crippen LogP contribution in [0.4, 0.5) is 0 Å². The van der Waals surface area contributed by atoms with Crippen molar-refractivity contribution < 1.29 is 0 Å². The maximum Gasteiger partial charge on any atom is 0.0110 e. The zero-order valence-corrected chi connectivity index (χ0v) is 12.0. The molecule has 0 spiro atoms. The van der Waals surface area contributed by atoms with Crippen LogP contribution in [0.3, 0.4) is 0 Å². The standard InChI is InChI=1S/C15H32N2/c1-3-5-7-9-15(10-8-6-4-2)17-13-11-16-12-14-17/h15-16H,3-14H2,1-2H3. The van der Waals surface area contributed by atoms with Crippen LogP contribution in [0.5, 0.6) is 0 Å². The first-order valence-corrected chi connectivity index (χ1v) is 7.83. The van der Waals surface area contributed by atoms with Crippen molar-refractivity contribution in [3.8, 4) is 0 Å². The van der Waals surface area contributed by atoms with Gasteiger partial charge in [0.05, 0.1) is 0 Å². The highest BCUT2D eigenvalue weighted by Crippen LogP contribution is 2.17. The van der Waals surface area contributed by atoms with Crippen molar-refractivity contribution in [2.75, 3.05) is 26.2 Å². The summed E-state index contributed by atoms with van der Waals surface area (Å²) < 4.78 is 0. The smallest absolute Gasteiger partial charge is 0.0110 e. The lowest BCUT2D eigenvalue weighted by molar-refractivity contribution is 0.151. The third-order valence-electron chi connectivity index (χ3n) is 3.95. The second-order valence-corrected chi connectivity index (χ2v) is 5.43. The molecular formula is C15H32N2. The van der Waals surface area contributed by atoms with Crippen molar-refractivity contribution in [2.24, 2.45) is 0 Å². The Hall–Kier alpha value is -0.0800. The van der Waals surface area contributed by atoms with Crippen LogP contribution < -0.4 is 5.32 Å². The first-order valence-electron chi connectivity index (χ1n) is 7.83. The van der Waals surface area contributed by atoms with E-state index in [1.54, 1.807) is 0 Å². The average molecular weight is 240 g/mol. The zero-order chi connectivity index (χ0) is 12.3. The quantitative estimate of drug-likeness (QED) is 0.621. The van der Waals surface area contributed by atoms with Gasteiger partial charge >= 0.3 is 0 Å². The molecule has 102 valence electrons. The van der Waals surface area contributed by atoms with Crippen LogP contribution in [-0.4, -0.2) is 37.1 Å². The van der Waals surface area contributed by atoms with Crippen molar-refractivity contribution >= 4 is 0 Å². The third kappa shape index (κ3) is 6.42. The highest BCUT2D eigenvalue weighted by molar-refractivity contribution is 4.76. The molecule has 0 aromatic carbocycles. The van der Waals surface area contributed by atoms with E-state index in [9.17, 15) is 0 Å². The van der Waals surface area contributed by atoms with E-state index in [1.807, 2.05) is 0 Å². The minimum Gasteiger partial charge on any atom is -0.314 e. The summed E-state index contributed by atoms with van der Waals surface area (Å²) >= 11 is 0. The van der Waals surface area contributed by atoms with Crippen molar-refractivity contribution in [1.82, 2.24) is 10.2 Å². The molecule has 0 aromatic heterocycles. The van der Waals surface area contributed by atoms with Crippen molar-refractivity contribution in [1.29, 1.82) is 0 Å². The molecule has 0 amide bonds. The molecule has 2 heteroatoms. The molecule has 1 fully saturated rings. The van der Waals surface area contributed by atoms with Gasteiger partial charge in [-0.3, -0.25) is 4.90 Å². The Morgan fingerprint density at radius 1 is 0.882 bits per heavy atom. The average Bonchev–Trinajstić information content (AvgIpc) is 2.38. The van der Waals surface area contributed by atoms with E-state index in [4.69, 9.17) is 0 Å². The van der Waals surface area contributed by atoms with Gasteiger partial charge in [0.1, 0.15) is 0 Å². The summed E-state index contributed by atoms with van der Waals surface area (Å²) in [5.74, 6) is 0. The first-order chi connectivity index (χ1) is 8.38. The molecule has 0 saturated carbocycles. The van der Waals surface area contributed by atoms with Crippen LogP contribution in [0.2, 0.25) is 0 Å². The molecule has 1 N–H and O–H groups in total. The van der Waals surface area contributed by atoms with Gasteiger partial charge in [-0.15, -0.1) is 0 Å². The van der Waals surface area contributed by atoms with Crippen LogP contribution in [-0.2, 0) is 0 Å². The summed E-state index contributed by atoms with van der Waals surface area (Å²) in [7, 11) is 0. The predicted octanol–water partition coefficient (Wildman–Crippen LogP) is 3.42. The second kappa shape index (κ2) is 9.90. The van der Waals surface area contributed by atoms with Crippen LogP contribution in [0.1, 0.15) is 65.2 Å². The maximum absolute atomic E-state index is 3.46. The van der Waals surface area contributed by atoms with Crippen LogP contribution in [0, 0.1) is 0 Å². The molecule has 0 radical (unpaired) electrons. The topological polar surface area (TPSA) is 15.3 Å². The Morgan fingerprint density at radius 3 is 1.88 bits per heavy atom. The number of unbranched alkanes of at least 4 members (excludes halogenated alkanes) is 4. The summed E-state index contributed by atoms with van der Waals surface area (Å²) in [6.45, 7) is 9.52. The highest BCUT2D eigenvalue weighted by Gasteiger charge is 2.19. The Morgan fingerprint density at radius 2 is 1.41 bits per heavy atom. The van der Waals surface area contributed by atoms with Gasteiger partial charge in [-0.05, 0) is 12.8 Å². The van der Waals surface area contributed by atoms with Gasteiger partial charge in [0.15, 0.2) is 0 Å². The molecule has 1 heterocycles. The largest absolute Gasteiger partial charge is 0.314 e. The van der Waals surface area contributed by atoms with E-state index in [1.165, 1.54) is 77.5 Å². The second-order valence-electron chi connectivity index (χ2n) is 5.43. The fourth-order valence-corrected chi connectivity index (χ4v) is 2.82. The minimum absolute atomic E-state index is 0.871. The first kappa shape index (κ1) is 15.0. The van der Waals surface area contributed by atoms with Crippen LogP contribution in [0.15, 0.2) is 0 Å². The summed E-state index contributed by atoms with van der Waals surface area (Å²) in [5.41, 5.74) is 0. The molecule has 0 bridgehead atoms. The van der Waals surface area contributed by atoms with E-state index >= 15 is 0 Å². The lowest BCUT2D eigenvalue weighted by Gasteiger charge is -2.35.